The van der Waals surface area contributed by atoms with Crippen molar-refractivity contribution in [3.63, 3.8) is 0 Å². The second-order valence-electron chi connectivity index (χ2n) is 4.20. The summed E-state index contributed by atoms with van der Waals surface area (Å²) in [6.07, 6.45) is 2.59. The van der Waals surface area contributed by atoms with Crippen LogP contribution in [-0.2, 0) is 14.3 Å². The standard InChI is InChI=1S/C11H20N2O3.ClH/c1-8(7-12)10(14)13-6-4-3-5-9(13)11(15)16-2;/h8-9H,3-7,12H2,1-2H3;1H. The number of nitrogens with two attached hydrogens (primary N) is 1. The Morgan fingerprint density at radius 3 is 2.65 bits per heavy atom. The fourth-order valence-corrected chi connectivity index (χ4v) is 1.96. The number of ether oxygens (including phenoxy) is 1. The minimum absolute atomic E-state index is 0. The Labute approximate surface area is 108 Å². The van der Waals surface area contributed by atoms with Gasteiger partial charge in [-0.25, -0.2) is 4.79 Å². The lowest BCUT2D eigenvalue weighted by Gasteiger charge is -2.35. The molecule has 0 saturated carbocycles. The highest BCUT2D eigenvalue weighted by atomic mass is 35.5. The van der Waals surface area contributed by atoms with Gasteiger partial charge in [-0.3, -0.25) is 4.79 Å². The van der Waals surface area contributed by atoms with E-state index in [1.807, 2.05) is 0 Å². The van der Waals surface area contributed by atoms with Crippen LogP contribution in [0.15, 0.2) is 0 Å². The summed E-state index contributed by atoms with van der Waals surface area (Å²) >= 11 is 0. The molecule has 5 nitrogen and oxygen atoms in total. The highest BCUT2D eigenvalue weighted by Gasteiger charge is 2.34. The Balaban J connectivity index is 0.00000256. The van der Waals surface area contributed by atoms with E-state index >= 15 is 0 Å². The van der Waals surface area contributed by atoms with Crippen molar-refractivity contribution in [3.05, 3.63) is 0 Å². The Kier molecular flexibility index (Phi) is 7.15. The van der Waals surface area contributed by atoms with Crippen LogP contribution in [-0.4, -0.2) is 43.0 Å². The molecule has 1 aliphatic heterocycles. The number of carbonyl (C=O) groups excluding carboxylic acids is 2. The van der Waals surface area contributed by atoms with E-state index in [0.717, 1.165) is 12.8 Å². The van der Waals surface area contributed by atoms with E-state index in [9.17, 15) is 9.59 Å². The van der Waals surface area contributed by atoms with Crippen LogP contribution in [0.25, 0.3) is 0 Å². The van der Waals surface area contributed by atoms with E-state index in [2.05, 4.69) is 0 Å². The summed E-state index contributed by atoms with van der Waals surface area (Å²) in [5.74, 6) is -0.597. The lowest BCUT2D eigenvalue weighted by atomic mass is 9.99. The SMILES string of the molecule is COC(=O)C1CCCCN1C(=O)C(C)CN.Cl. The van der Waals surface area contributed by atoms with Crippen molar-refractivity contribution in [3.8, 4) is 0 Å². The van der Waals surface area contributed by atoms with Crippen LogP contribution < -0.4 is 5.73 Å². The Bertz CT molecular complexity index is 273. The normalized spacial score (nSPS) is 21.4. The first kappa shape index (κ1) is 16.2. The molecule has 1 saturated heterocycles. The fraction of sp³-hybridized carbons (Fsp3) is 0.818. The number of likely N-dealkylation sites (tertiary alicyclic amines) is 1. The van der Waals surface area contributed by atoms with Gasteiger partial charge >= 0.3 is 5.97 Å². The van der Waals surface area contributed by atoms with Crippen LogP contribution >= 0.6 is 12.4 Å². The van der Waals surface area contributed by atoms with Crippen molar-refractivity contribution in [1.29, 1.82) is 0 Å². The van der Waals surface area contributed by atoms with Crippen molar-refractivity contribution in [2.24, 2.45) is 11.7 Å². The first-order chi connectivity index (χ1) is 7.61. The summed E-state index contributed by atoms with van der Waals surface area (Å²) in [6.45, 7) is 2.72. The summed E-state index contributed by atoms with van der Waals surface area (Å²) in [4.78, 5) is 25.2. The zero-order chi connectivity index (χ0) is 12.1. The van der Waals surface area contributed by atoms with Crippen molar-refractivity contribution in [2.75, 3.05) is 20.2 Å². The van der Waals surface area contributed by atoms with E-state index in [1.54, 1.807) is 11.8 Å². The maximum Gasteiger partial charge on any atom is 0.328 e. The van der Waals surface area contributed by atoms with Gasteiger partial charge in [-0.05, 0) is 19.3 Å². The summed E-state index contributed by atoms with van der Waals surface area (Å²) < 4.78 is 4.72. The van der Waals surface area contributed by atoms with E-state index in [0.29, 0.717) is 19.5 Å². The molecule has 0 aromatic carbocycles. The molecule has 0 aromatic rings. The molecule has 17 heavy (non-hydrogen) atoms. The molecule has 1 amide bonds. The minimum Gasteiger partial charge on any atom is -0.467 e. The number of esters is 1. The van der Waals surface area contributed by atoms with Crippen LogP contribution in [0.1, 0.15) is 26.2 Å². The molecular weight excluding hydrogens is 244 g/mol. The van der Waals surface area contributed by atoms with Crippen LogP contribution in [0.5, 0.6) is 0 Å². The van der Waals surface area contributed by atoms with Gasteiger partial charge in [0.2, 0.25) is 5.91 Å². The number of rotatable bonds is 3. The molecule has 0 aromatic heterocycles. The molecule has 2 unspecified atom stereocenters. The number of nitrogens with zero attached hydrogens (tertiary/aromatic N) is 1. The molecule has 6 heteroatoms. The zero-order valence-corrected chi connectivity index (χ0v) is 11.2. The molecule has 1 rings (SSSR count). The highest BCUT2D eigenvalue weighted by Crippen LogP contribution is 2.20. The number of carbonyl (C=O) groups is 2. The number of hydrogen-bond donors (Lipinski definition) is 1. The summed E-state index contributed by atoms with van der Waals surface area (Å²) in [5, 5.41) is 0. The maximum absolute atomic E-state index is 12.0. The molecule has 1 fully saturated rings. The van der Waals surface area contributed by atoms with Gasteiger partial charge in [-0.15, -0.1) is 12.4 Å². The van der Waals surface area contributed by atoms with Gasteiger partial charge in [0.15, 0.2) is 0 Å². The molecule has 0 spiro atoms. The lowest BCUT2D eigenvalue weighted by Crippen LogP contribution is -2.51. The number of amides is 1. The van der Waals surface area contributed by atoms with E-state index in [4.69, 9.17) is 10.5 Å². The Hall–Kier alpha value is -0.810. The van der Waals surface area contributed by atoms with Crippen LogP contribution in [0.4, 0.5) is 0 Å². The third kappa shape index (κ3) is 3.85. The van der Waals surface area contributed by atoms with Crippen molar-refractivity contribution < 1.29 is 14.3 Å². The van der Waals surface area contributed by atoms with E-state index in [-0.39, 0.29) is 30.2 Å². The minimum atomic E-state index is -0.416. The molecule has 2 N–H and O–H groups in total. The molecule has 1 heterocycles. The predicted molar refractivity (Wildman–Crippen MR) is 66.8 cm³/mol. The molecule has 100 valence electrons. The van der Waals surface area contributed by atoms with Gasteiger partial charge in [0.25, 0.3) is 0 Å². The van der Waals surface area contributed by atoms with Crippen LogP contribution in [0.3, 0.4) is 0 Å². The second-order valence-corrected chi connectivity index (χ2v) is 4.20. The summed E-state index contributed by atoms with van der Waals surface area (Å²) in [6, 6.07) is -0.416. The van der Waals surface area contributed by atoms with Gasteiger partial charge in [-0.1, -0.05) is 6.92 Å². The van der Waals surface area contributed by atoms with Crippen molar-refractivity contribution in [2.45, 2.75) is 32.2 Å². The topological polar surface area (TPSA) is 72.6 Å². The van der Waals surface area contributed by atoms with Crippen LogP contribution in [0.2, 0.25) is 0 Å². The van der Waals surface area contributed by atoms with Gasteiger partial charge in [-0.2, -0.15) is 0 Å². The average molecular weight is 265 g/mol. The Morgan fingerprint density at radius 1 is 1.47 bits per heavy atom. The van der Waals surface area contributed by atoms with Gasteiger partial charge in [0.05, 0.1) is 7.11 Å². The summed E-state index contributed by atoms with van der Waals surface area (Å²) in [5.41, 5.74) is 5.47. The largest absolute Gasteiger partial charge is 0.467 e. The van der Waals surface area contributed by atoms with Crippen LogP contribution in [0, 0.1) is 5.92 Å². The van der Waals surface area contributed by atoms with Gasteiger partial charge < -0.3 is 15.4 Å². The average Bonchev–Trinajstić information content (AvgIpc) is 2.35. The number of halogens is 1. The third-order valence-electron chi connectivity index (χ3n) is 3.03. The molecule has 2 atom stereocenters. The van der Waals surface area contributed by atoms with E-state index < -0.39 is 6.04 Å². The summed E-state index contributed by atoms with van der Waals surface area (Å²) in [7, 11) is 1.35. The molecular formula is C11H21ClN2O3. The quantitative estimate of drug-likeness (QED) is 0.756. The molecule has 0 aliphatic carbocycles. The predicted octanol–water partition coefficient (Wildman–Crippen LogP) is 0.557. The lowest BCUT2D eigenvalue weighted by molar-refractivity contribution is -0.156. The van der Waals surface area contributed by atoms with Gasteiger partial charge in [0, 0.05) is 19.0 Å². The highest BCUT2D eigenvalue weighted by molar-refractivity contribution is 5.86. The van der Waals surface area contributed by atoms with Crippen molar-refractivity contribution in [1.82, 2.24) is 4.90 Å². The van der Waals surface area contributed by atoms with Gasteiger partial charge in [0.1, 0.15) is 6.04 Å². The number of piperidine rings is 1. The first-order valence-electron chi connectivity index (χ1n) is 5.70. The zero-order valence-electron chi connectivity index (χ0n) is 10.3. The molecule has 0 radical (unpaired) electrons. The Morgan fingerprint density at radius 2 is 2.12 bits per heavy atom. The first-order valence-corrected chi connectivity index (χ1v) is 5.70. The second kappa shape index (κ2) is 7.50. The maximum atomic E-state index is 12.0. The third-order valence-corrected chi connectivity index (χ3v) is 3.03. The monoisotopic (exact) mass is 264 g/mol. The van der Waals surface area contributed by atoms with Crippen molar-refractivity contribution >= 4 is 24.3 Å². The number of hydrogen-bond acceptors (Lipinski definition) is 4. The molecule has 1 aliphatic rings. The molecule has 0 bridgehead atoms. The number of methoxy groups -OCH3 is 1. The fourth-order valence-electron chi connectivity index (χ4n) is 1.96. The van der Waals surface area contributed by atoms with E-state index in [1.165, 1.54) is 7.11 Å². The smallest absolute Gasteiger partial charge is 0.328 e.